The summed E-state index contributed by atoms with van der Waals surface area (Å²) in [6, 6.07) is 7.45. The molecule has 0 heterocycles. The SMILES string of the molecule is CCC#CC(CC(C)C)OC(=O)c1ccccc1C. The smallest absolute Gasteiger partial charge is 0.339 e. The van der Waals surface area contributed by atoms with Crippen LogP contribution in [0.5, 0.6) is 0 Å². The van der Waals surface area contributed by atoms with E-state index in [9.17, 15) is 4.79 Å². The maximum absolute atomic E-state index is 12.1. The Kier molecular flexibility index (Phi) is 6.15. The van der Waals surface area contributed by atoms with Crippen molar-refractivity contribution in [2.24, 2.45) is 5.92 Å². The van der Waals surface area contributed by atoms with Gasteiger partial charge in [-0.25, -0.2) is 4.79 Å². The molecule has 0 saturated carbocycles. The lowest BCUT2D eigenvalue weighted by atomic mass is 10.1. The number of carbonyl (C=O) groups is 1. The van der Waals surface area contributed by atoms with Gasteiger partial charge in [0.1, 0.15) is 0 Å². The van der Waals surface area contributed by atoms with Gasteiger partial charge in [-0.3, -0.25) is 0 Å². The van der Waals surface area contributed by atoms with E-state index in [1.54, 1.807) is 6.07 Å². The van der Waals surface area contributed by atoms with Crippen molar-refractivity contribution in [3.63, 3.8) is 0 Å². The fraction of sp³-hybridized carbons (Fsp3) is 0.471. The van der Waals surface area contributed by atoms with Gasteiger partial charge in [0.05, 0.1) is 5.56 Å². The Hall–Kier alpha value is -1.75. The molecule has 0 aliphatic heterocycles. The zero-order valence-electron chi connectivity index (χ0n) is 12.2. The van der Waals surface area contributed by atoms with Gasteiger partial charge < -0.3 is 4.74 Å². The predicted octanol–water partition coefficient (Wildman–Crippen LogP) is 3.98. The van der Waals surface area contributed by atoms with Gasteiger partial charge in [-0.05, 0) is 30.9 Å². The lowest BCUT2D eigenvalue weighted by molar-refractivity contribution is 0.0376. The van der Waals surface area contributed by atoms with Crippen LogP contribution in [-0.2, 0) is 4.74 Å². The van der Waals surface area contributed by atoms with Crippen molar-refractivity contribution in [1.29, 1.82) is 0 Å². The first-order chi connectivity index (χ1) is 9.04. The molecule has 1 aromatic carbocycles. The molecule has 0 aliphatic rings. The van der Waals surface area contributed by atoms with E-state index in [0.717, 1.165) is 18.4 Å². The predicted molar refractivity (Wildman–Crippen MR) is 77.9 cm³/mol. The van der Waals surface area contributed by atoms with Gasteiger partial charge in [-0.15, -0.1) is 0 Å². The summed E-state index contributed by atoms with van der Waals surface area (Å²) in [5.74, 6) is 6.19. The van der Waals surface area contributed by atoms with E-state index in [4.69, 9.17) is 4.74 Å². The van der Waals surface area contributed by atoms with Crippen molar-refractivity contribution >= 4 is 5.97 Å². The highest BCUT2D eigenvalue weighted by Gasteiger charge is 2.16. The normalized spacial score (nSPS) is 11.6. The van der Waals surface area contributed by atoms with Crippen LogP contribution in [0.1, 0.15) is 49.5 Å². The van der Waals surface area contributed by atoms with Gasteiger partial charge in [-0.1, -0.05) is 50.8 Å². The summed E-state index contributed by atoms with van der Waals surface area (Å²) in [5.41, 5.74) is 1.55. The lowest BCUT2D eigenvalue weighted by Crippen LogP contribution is -2.19. The average Bonchev–Trinajstić information content (AvgIpc) is 2.35. The monoisotopic (exact) mass is 258 g/mol. The van der Waals surface area contributed by atoms with Gasteiger partial charge in [0, 0.05) is 6.42 Å². The molecule has 0 N–H and O–H groups in total. The molecule has 1 atom stereocenters. The van der Waals surface area contributed by atoms with E-state index in [-0.39, 0.29) is 12.1 Å². The molecule has 0 aliphatic carbocycles. The van der Waals surface area contributed by atoms with Crippen LogP contribution in [0.3, 0.4) is 0 Å². The van der Waals surface area contributed by atoms with Crippen LogP contribution in [-0.4, -0.2) is 12.1 Å². The first-order valence-electron chi connectivity index (χ1n) is 6.79. The molecule has 19 heavy (non-hydrogen) atoms. The first-order valence-corrected chi connectivity index (χ1v) is 6.79. The van der Waals surface area contributed by atoms with Crippen molar-refractivity contribution in [3.8, 4) is 11.8 Å². The van der Waals surface area contributed by atoms with Gasteiger partial charge in [-0.2, -0.15) is 0 Å². The number of hydrogen-bond donors (Lipinski definition) is 0. The number of ether oxygens (including phenoxy) is 1. The molecule has 0 bridgehead atoms. The van der Waals surface area contributed by atoms with E-state index >= 15 is 0 Å². The Morgan fingerprint density at radius 2 is 2.00 bits per heavy atom. The number of rotatable bonds is 4. The lowest BCUT2D eigenvalue weighted by Gasteiger charge is -2.15. The van der Waals surface area contributed by atoms with Crippen LogP contribution in [0.2, 0.25) is 0 Å². The Labute approximate surface area is 116 Å². The number of esters is 1. The maximum Gasteiger partial charge on any atom is 0.339 e. The summed E-state index contributed by atoms with van der Waals surface area (Å²) in [6.07, 6.45) is 1.23. The summed E-state index contributed by atoms with van der Waals surface area (Å²) < 4.78 is 5.52. The summed E-state index contributed by atoms with van der Waals surface area (Å²) in [7, 11) is 0. The summed E-state index contributed by atoms with van der Waals surface area (Å²) in [6.45, 7) is 8.10. The minimum absolute atomic E-state index is 0.283. The van der Waals surface area contributed by atoms with Crippen molar-refractivity contribution < 1.29 is 9.53 Å². The highest BCUT2D eigenvalue weighted by molar-refractivity contribution is 5.91. The summed E-state index contributed by atoms with van der Waals surface area (Å²) >= 11 is 0. The molecule has 1 aromatic rings. The number of aryl methyl sites for hydroxylation is 1. The molecule has 2 heteroatoms. The van der Waals surface area contributed by atoms with Crippen molar-refractivity contribution in [2.75, 3.05) is 0 Å². The second-order valence-electron chi connectivity index (χ2n) is 5.01. The molecular weight excluding hydrogens is 236 g/mol. The van der Waals surface area contributed by atoms with E-state index in [0.29, 0.717) is 11.5 Å². The highest BCUT2D eigenvalue weighted by Crippen LogP contribution is 2.13. The quantitative estimate of drug-likeness (QED) is 0.603. The molecule has 1 rings (SSSR count). The Bertz CT molecular complexity index is 478. The second-order valence-corrected chi connectivity index (χ2v) is 5.01. The third kappa shape index (κ3) is 5.18. The molecule has 0 saturated heterocycles. The van der Waals surface area contributed by atoms with Gasteiger partial charge in [0.25, 0.3) is 0 Å². The highest BCUT2D eigenvalue weighted by atomic mass is 16.5. The third-order valence-corrected chi connectivity index (χ3v) is 2.74. The van der Waals surface area contributed by atoms with Gasteiger partial charge in [0.15, 0.2) is 6.10 Å². The van der Waals surface area contributed by atoms with Crippen LogP contribution in [0, 0.1) is 24.7 Å². The Morgan fingerprint density at radius 3 is 2.58 bits per heavy atom. The molecule has 0 fully saturated rings. The van der Waals surface area contributed by atoms with Crippen LogP contribution < -0.4 is 0 Å². The number of carbonyl (C=O) groups excluding carboxylic acids is 1. The molecule has 0 radical (unpaired) electrons. The molecular formula is C17H22O2. The van der Waals surface area contributed by atoms with E-state index < -0.39 is 0 Å². The van der Waals surface area contributed by atoms with Crippen molar-refractivity contribution in [2.45, 2.75) is 46.6 Å². The zero-order chi connectivity index (χ0) is 14.3. The molecule has 0 aromatic heterocycles. The third-order valence-electron chi connectivity index (χ3n) is 2.74. The molecule has 2 nitrogen and oxygen atoms in total. The molecule has 0 spiro atoms. The van der Waals surface area contributed by atoms with Gasteiger partial charge >= 0.3 is 5.97 Å². The van der Waals surface area contributed by atoms with Crippen LogP contribution >= 0.6 is 0 Å². The zero-order valence-corrected chi connectivity index (χ0v) is 12.2. The Balaban J connectivity index is 2.79. The van der Waals surface area contributed by atoms with E-state index in [2.05, 4.69) is 25.7 Å². The first kappa shape index (κ1) is 15.3. The van der Waals surface area contributed by atoms with Crippen molar-refractivity contribution in [1.82, 2.24) is 0 Å². The Morgan fingerprint density at radius 1 is 1.32 bits per heavy atom. The van der Waals surface area contributed by atoms with Crippen LogP contribution in [0.25, 0.3) is 0 Å². The minimum Gasteiger partial charge on any atom is -0.446 e. The van der Waals surface area contributed by atoms with Crippen LogP contribution in [0.15, 0.2) is 24.3 Å². The standard InChI is InChI=1S/C17H22O2/c1-5-6-10-15(12-13(2)3)19-17(18)16-11-8-7-9-14(16)4/h7-9,11,13,15H,5,12H2,1-4H3. The fourth-order valence-corrected chi connectivity index (χ4v) is 1.78. The van der Waals surface area contributed by atoms with E-state index in [1.165, 1.54) is 0 Å². The fourth-order valence-electron chi connectivity index (χ4n) is 1.78. The minimum atomic E-state index is -0.313. The number of hydrogen-bond acceptors (Lipinski definition) is 2. The largest absolute Gasteiger partial charge is 0.446 e. The van der Waals surface area contributed by atoms with Crippen molar-refractivity contribution in [3.05, 3.63) is 35.4 Å². The summed E-state index contributed by atoms with van der Waals surface area (Å²) in [4.78, 5) is 12.1. The molecule has 1 unspecified atom stereocenters. The molecule has 0 amide bonds. The van der Waals surface area contributed by atoms with Crippen LogP contribution in [0.4, 0.5) is 0 Å². The second kappa shape index (κ2) is 7.63. The maximum atomic E-state index is 12.1. The number of benzene rings is 1. The van der Waals surface area contributed by atoms with Gasteiger partial charge in [0.2, 0.25) is 0 Å². The van der Waals surface area contributed by atoms with E-state index in [1.807, 2.05) is 32.0 Å². The summed E-state index contributed by atoms with van der Waals surface area (Å²) in [5, 5.41) is 0. The molecule has 102 valence electrons. The average molecular weight is 258 g/mol. The topological polar surface area (TPSA) is 26.3 Å².